The first kappa shape index (κ1) is 7.90. The molecule has 0 amide bonds. The molecule has 0 bridgehead atoms. The molecule has 1 heterocycles. The summed E-state index contributed by atoms with van der Waals surface area (Å²) in [6.45, 7) is 3.31. The SMILES string of the molecule is CC1(N)OC(N)(N)C1(C)N. The molecule has 5 nitrogen and oxygen atoms in total. The lowest BCUT2D eigenvalue weighted by Crippen LogP contribution is -2.93. The second-order valence-corrected chi connectivity index (χ2v) is 3.20. The predicted octanol–water partition coefficient (Wildman–Crippen LogP) is -2.02. The van der Waals surface area contributed by atoms with E-state index in [4.69, 9.17) is 27.7 Å². The number of rotatable bonds is 0. The first-order chi connectivity index (χ1) is 4.21. The van der Waals surface area contributed by atoms with Gasteiger partial charge in [-0.1, -0.05) is 0 Å². The standard InChI is InChI=1S/C5H14N4O/c1-3(6)4(2,7)10-5(3,8)9/h6-9H2,1-2H3. The highest BCUT2D eigenvalue weighted by Gasteiger charge is 2.65. The van der Waals surface area contributed by atoms with Crippen LogP contribution in [-0.4, -0.2) is 17.1 Å². The second-order valence-electron chi connectivity index (χ2n) is 3.20. The topological polar surface area (TPSA) is 113 Å². The van der Waals surface area contributed by atoms with Crippen molar-refractivity contribution in [1.82, 2.24) is 0 Å². The van der Waals surface area contributed by atoms with Gasteiger partial charge in [-0.3, -0.25) is 11.5 Å². The Morgan fingerprint density at radius 3 is 1.40 bits per heavy atom. The van der Waals surface area contributed by atoms with Crippen LogP contribution in [0.1, 0.15) is 13.8 Å². The third kappa shape index (κ3) is 0.637. The molecule has 0 aromatic rings. The van der Waals surface area contributed by atoms with Gasteiger partial charge in [0, 0.05) is 0 Å². The van der Waals surface area contributed by atoms with Crippen molar-refractivity contribution >= 4 is 0 Å². The molecule has 1 aliphatic heterocycles. The molecular formula is C5H14N4O. The van der Waals surface area contributed by atoms with Gasteiger partial charge in [0.25, 0.3) is 0 Å². The van der Waals surface area contributed by atoms with Gasteiger partial charge in [-0.2, -0.15) is 0 Å². The van der Waals surface area contributed by atoms with E-state index in [1.165, 1.54) is 0 Å². The summed E-state index contributed by atoms with van der Waals surface area (Å²) in [6, 6.07) is 0. The highest BCUT2D eigenvalue weighted by atomic mass is 16.6. The van der Waals surface area contributed by atoms with Gasteiger partial charge in [0.05, 0.1) is 0 Å². The molecule has 10 heavy (non-hydrogen) atoms. The molecule has 2 unspecified atom stereocenters. The van der Waals surface area contributed by atoms with Crippen molar-refractivity contribution in [2.24, 2.45) is 22.9 Å². The highest BCUT2D eigenvalue weighted by Crippen LogP contribution is 2.38. The summed E-state index contributed by atoms with van der Waals surface area (Å²) in [6.07, 6.45) is 0. The lowest BCUT2D eigenvalue weighted by molar-refractivity contribution is -0.317. The van der Waals surface area contributed by atoms with Crippen molar-refractivity contribution in [2.45, 2.75) is 31.0 Å². The lowest BCUT2D eigenvalue weighted by Gasteiger charge is -2.60. The number of nitrogens with two attached hydrogens (primary N) is 4. The lowest BCUT2D eigenvalue weighted by atomic mass is 9.79. The minimum Gasteiger partial charge on any atom is -0.323 e. The summed E-state index contributed by atoms with van der Waals surface area (Å²) in [5.74, 6) is -1.30. The average molecular weight is 146 g/mol. The molecule has 2 atom stereocenters. The van der Waals surface area contributed by atoms with Crippen LogP contribution in [0.5, 0.6) is 0 Å². The second kappa shape index (κ2) is 1.51. The van der Waals surface area contributed by atoms with Crippen molar-refractivity contribution in [3.8, 4) is 0 Å². The van der Waals surface area contributed by atoms with E-state index in [9.17, 15) is 0 Å². The Morgan fingerprint density at radius 1 is 1.00 bits per heavy atom. The van der Waals surface area contributed by atoms with E-state index in [1.807, 2.05) is 0 Å². The molecule has 0 aromatic carbocycles. The van der Waals surface area contributed by atoms with Gasteiger partial charge in [0.15, 0.2) is 5.85 Å². The normalized spacial score (nSPS) is 52.2. The third-order valence-electron chi connectivity index (χ3n) is 2.22. The maximum atomic E-state index is 5.68. The highest BCUT2D eigenvalue weighted by molar-refractivity contribution is 5.14. The Kier molecular flexibility index (Phi) is 1.20. The van der Waals surface area contributed by atoms with E-state index in [0.29, 0.717) is 0 Å². The molecule has 0 aliphatic carbocycles. The summed E-state index contributed by atoms with van der Waals surface area (Å²) in [7, 11) is 0. The molecule has 1 aliphatic rings. The van der Waals surface area contributed by atoms with Gasteiger partial charge in [-0.15, -0.1) is 0 Å². The molecule has 60 valence electrons. The number of hydrogen-bond donors (Lipinski definition) is 4. The summed E-state index contributed by atoms with van der Waals surface area (Å²) in [5.41, 5.74) is 20.3. The fourth-order valence-corrected chi connectivity index (χ4v) is 0.904. The Morgan fingerprint density at radius 2 is 1.40 bits per heavy atom. The zero-order valence-electron chi connectivity index (χ0n) is 6.22. The van der Waals surface area contributed by atoms with Gasteiger partial charge in [0.1, 0.15) is 11.3 Å². The fraction of sp³-hybridized carbons (Fsp3) is 1.00. The maximum absolute atomic E-state index is 5.68. The molecular weight excluding hydrogens is 132 g/mol. The van der Waals surface area contributed by atoms with Crippen LogP contribution in [-0.2, 0) is 4.74 Å². The van der Waals surface area contributed by atoms with E-state index >= 15 is 0 Å². The van der Waals surface area contributed by atoms with Gasteiger partial charge < -0.3 is 16.2 Å². The molecule has 1 fully saturated rings. The van der Waals surface area contributed by atoms with Crippen molar-refractivity contribution < 1.29 is 4.74 Å². The van der Waals surface area contributed by atoms with E-state index < -0.39 is 17.1 Å². The van der Waals surface area contributed by atoms with Crippen molar-refractivity contribution in [1.29, 1.82) is 0 Å². The molecule has 8 N–H and O–H groups in total. The Labute approximate surface area is 59.7 Å². The van der Waals surface area contributed by atoms with Crippen LogP contribution in [0.2, 0.25) is 0 Å². The monoisotopic (exact) mass is 146 g/mol. The number of ether oxygens (including phenoxy) is 1. The molecule has 0 radical (unpaired) electrons. The first-order valence-corrected chi connectivity index (χ1v) is 3.06. The average Bonchev–Trinajstić information content (AvgIpc) is 1.61. The fourth-order valence-electron chi connectivity index (χ4n) is 0.904. The van der Waals surface area contributed by atoms with E-state index in [2.05, 4.69) is 0 Å². The molecule has 1 saturated heterocycles. The zero-order valence-corrected chi connectivity index (χ0v) is 6.22. The third-order valence-corrected chi connectivity index (χ3v) is 2.22. The minimum atomic E-state index is -1.30. The van der Waals surface area contributed by atoms with Gasteiger partial charge in [0.2, 0.25) is 0 Å². The zero-order chi connectivity index (χ0) is 8.21. The van der Waals surface area contributed by atoms with Crippen LogP contribution >= 0.6 is 0 Å². The smallest absolute Gasteiger partial charge is 0.194 e. The van der Waals surface area contributed by atoms with E-state index in [-0.39, 0.29) is 0 Å². The first-order valence-electron chi connectivity index (χ1n) is 3.06. The summed E-state index contributed by atoms with van der Waals surface area (Å²) in [4.78, 5) is 0. The van der Waals surface area contributed by atoms with Crippen LogP contribution in [0.25, 0.3) is 0 Å². The quantitative estimate of drug-likeness (QED) is 0.295. The maximum Gasteiger partial charge on any atom is 0.194 e. The Bertz CT molecular complexity index is 147. The van der Waals surface area contributed by atoms with Crippen LogP contribution in [0.3, 0.4) is 0 Å². The van der Waals surface area contributed by atoms with Crippen molar-refractivity contribution in [3.05, 3.63) is 0 Å². The van der Waals surface area contributed by atoms with E-state index in [1.54, 1.807) is 13.8 Å². The molecule has 0 aromatic heterocycles. The van der Waals surface area contributed by atoms with Gasteiger partial charge in [-0.25, -0.2) is 0 Å². The summed E-state index contributed by atoms with van der Waals surface area (Å²) >= 11 is 0. The summed E-state index contributed by atoms with van der Waals surface area (Å²) < 4.78 is 4.94. The van der Waals surface area contributed by atoms with Crippen molar-refractivity contribution in [3.63, 3.8) is 0 Å². The van der Waals surface area contributed by atoms with Crippen LogP contribution in [0.4, 0.5) is 0 Å². The minimum absolute atomic E-state index is 0.875. The summed E-state index contributed by atoms with van der Waals surface area (Å²) in [5, 5.41) is 0. The molecule has 5 heteroatoms. The van der Waals surface area contributed by atoms with Crippen LogP contribution in [0.15, 0.2) is 0 Å². The molecule has 1 rings (SSSR count). The van der Waals surface area contributed by atoms with E-state index in [0.717, 1.165) is 0 Å². The predicted molar refractivity (Wildman–Crippen MR) is 37.4 cm³/mol. The molecule has 0 spiro atoms. The number of hydrogen-bond acceptors (Lipinski definition) is 5. The Hall–Kier alpha value is -0.200. The molecule has 0 saturated carbocycles. The largest absolute Gasteiger partial charge is 0.323 e. The van der Waals surface area contributed by atoms with Crippen molar-refractivity contribution in [2.75, 3.05) is 0 Å². The van der Waals surface area contributed by atoms with Crippen LogP contribution in [0, 0.1) is 0 Å². The van der Waals surface area contributed by atoms with Gasteiger partial charge in [-0.05, 0) is 13.8 Å². The van der Waals surface area contributed by atoms with Crippen LogP contribution < -0.4 is 22.9 Å². The van der Waals surface area contributed by atoms with Gasteiger partial charge >= 0.3 is 0 Å². The Balaban J connectivity index is 2.85.